The Labute approximate surface area is 81.0 Å². The summed E-state index contributed by atoms with van der Waals surface area (Å²) in [5.41, 5.74) is 0.627. The molecule has 1 aliphatic heterocycles. The first-order chi connectivity index (χ1) is 6.66. The lowest BCUT2D eigenvalue weighted by molar-refractivity contribution is -0.110. The van der Waals surface area contributed by atoms with Gasteiger partial charge in [0.2, 0.25) is 0 Å². The van der Waals surface area contributed by atoms with Gasteiger partial charge in [0.25, 0.3) is 0 Å². The van der Waals surface area contributed by atoms with Crippen LogP contribution in [0.4, 0.5) is 8.78 Å². The Bertz CT molecular complexity index is 323. The zero-order valence-electron chi connectivity index (χ0n) is 7.84. The van der Waals surface area contributed by atoms with Crippen molar-refractivity contribution in [1.29, 1.82) is 0 Å². The highest BCUT2D eigenvalue weighted by Crippen LogP contribution is 2.29. The fraction of sp³-hybridized carbons (Fsp3) is 0.400. The number of benzene rings is 1. The molecule has 0 unspecified atom stereocenters. The first kappa shape index (κ1) is 9.55. The van der Waals surface area contributed by atoms with Gasteiger partial charge >= 0.3 is 0 Å². The summed E-state index contributed by atoms with van der Waals surface area (Å²) >= 11 is 0. The van der Waals surface area contributed by atoms with E-state index in [0.717, 1.165) is 12.5 Å². The first-order valence-electron chi connectivity index (χ1n) is 4.48. The van der Waals surface area contributed by atoms with Crippen LogP contribution in [0.15, 0.2) is 18.2 Å². The van der Waals surface area contributed by atoms with E-state index in [1.807, 2.05) is 0 Å². The van der Waals surface area contributed by atoms with E-state index in [1.54, 1.807) is 12.1 Å². The third-order valence-corrected chi connectivity index (χ3v) is 2.39. The Morgan fingerprint density at radius 2 is 1.93 bits per heavy atom. The third-order valence-electron chi connectivity index (χ3n) is 2.39. The summed E-state index contributed by atoms with van der Waals surface area (Å²) in [7, 11) is 1.76. The second-order valence-electron chi connectivity index (χ2n) is 3.39. The fourth-order valence-electron chi connectivity index (χ4n) is 1.72. The van der Waals surface area contributed by atoms with Crippen molar-refractivity contribution < 1.29 is 13.6 Å². The molecule has 76 valence electrons. The number of hydroxylamine groups is 2. The molecule has 1 atom stereocenters. The number of hydrogen-bond acceptors (Lipinski definition) is 2. The van der Waals surface area contributed by atoms with Gasteiger partial charge in [-0.1, -0.05) is 0 Å². The lowest BCUT2D eigenvalue weighted by Crippen LogP contribution is -2.16. The maximum atomic E-state index is 12.9. The molecule has 2 nitrogen and oxygen atoms in total. The molecule has 14 heavy (non-hydrogen) atoms. The minimum Gasteiger partial charge on any atom is -0.299 e. The van der Waals surface area contributed by atoms with Crippen molar-refractivity contribution in [1.82, 2.24) is 5.06 Å². The van der Waals surface area contributed by atoms with Crippen LogP contribution in [0.3, 0.4) is 0 Å². The smallest absolute Gasteiger partial charge is 0.126 e. The number of halogens is 2. The topological polar surface area (TPSA) is 12.5 Å². The third kappa shape index (κ3) is 1.76. The molecular formula is C10H11F2NO. The fourth-order valence-corrected chi connectivity index (χ4v) is 1.72. The van der Waals surface area contributed by atoms with Crippen LogP contribution in [-0.4, -0.2) is 18.7 Å². The molecule has 2 rings (SSSR count). The predicted octanol–water partition coefficient (Wildman–Crippen LogP) is 2.27. The molecule has 1 aromatic carbocycles. The maximum absolute atomic E-state index is 12.9. The van der Waals surface area contributed by atoms with Gasteiger partial charge in [-0.2, -0.15) is 5.06 Å². The van der Waals surface area contributed by atoms with Gasteiger partial charge in [0.15, 0.2) is 0 Å². The summed E-state index contributed by atoms with van der Waals surface area (Å²) in [5, 5.41) is 1.63. The molecule has 1 heterocycles. The molecule has 0 amide bonds. The van der Waals surface area contributed by atoms with Gasteiger partial charge < -0.3 is 0 Å². The highest BCUT2D eigenvalue weighted by molar-refractivity contribution is 5.21. The second kappa shape index (κ2) is 3.63. The molecule has 4 heteroatoms. The normalized spacial score (nSPS) is 22.9. The molecule has 0 radical (unpaired) electrons. The van der Waals surface area contributed by atoms with Crippen LogP contribution in [0.5, 0.6) is 0 Å². The lowest BCUT2D eigenvalue weighted by atomic mass is 10.0. The highest BCUT2D eigenvalue weighted by Gasteiger charge is 2.24. The molecule has 0 aromatic heterocycles. The predicted molar refractivity (Wildman–Crippen MR) is 47.4 cm³/mol. The SMILES string of the molecule is CN1OCC[C@H]1c1cc(F)cc(F)c1. The Hall–Kier alpha value is -1.00. The van der Waals surface area contributed by atoms with Crippen LogP contribution in [0.2, 0.25) is 0 Å². The minimum absolute atomic E-state index is 0.0415. The lowest BCUT2D eigenvalue weighted by Gasteiger charge is -2.17. The van der Waals surface area contributed by atoms with Crippen molar-refractivity contribution in [3.63, 3.8) is 0 Å². The largest absolute Gasteiger partial charge is 0.299 e. The molecular weight excluding hydrogens is 188 g/mol. The summed E-state index contributed by atoms with van der Waals surface area (Å²) in [6.45, 7) is 0.597. The van der Waals surface area contributed by atoms with Crippen LogP contribution in [0, 0.1) is 11.6 Å². The average Bonchev–Trinajstić information content (AvgIpc) is 2.49. The van der Waals surface area contributed by atoms with Gasteiger partial charge in [-0.25, -0.2) is 8.78 Å². The van der Waals surface area contributed by atoms with E-state index in [9.17, 15) is 8.78 Å². The van der Waals surface area contributed by atoms with Crippen LogP contribution in [0.1, 0.15) is 18.0 Å². The molecule has 0 saturated carbocycles. The highest BCUT2D eigenvalue weighted by atomic mass is 19.1. The van der Waals surface area contributed by atoms with Gasteiger partial charge in [-0.15, -0.1) is 0 Å². The van der Waals surface area contributed by atoms with E-state index in [4.69, 9.17) is 4.84 Å². The molecule has 1 aliphatic rings. The zero-order chi connectivity index (χ0) is 10.1. The second-order valence-corrected chi connectivity index (χ2v) is 3.39. The van der Waals surface area contributed by atoms with Gasteiger partial charge in [0.05, 0.1) is 12.6 Å². The maximum Gasteiger partial charge on any atom is 0.126 e. The molecule has 0 spiro atoms. The minimum atomic E-state index is -0.541. The van der Waals surface area contributed by atoms with Crippen molar-refractivity contribution in [2.24, 2.45) is 0 Å². The molecule has 1 fully saturated rings. The first-order valence-corrected chi connectivity index (χ1v) is 4.48. The Morgan fingerprint density at radius 1 is 1.29 bits per heavy atom. The molecule has 1 saturated heterocycles. The van der Waals surface area contributed by atoms with Crippen LogP contribution >= 0.6 is 0 Å². The van der Waals surface area contributed by atoms with Crippen molar-refractivity contribution >= 4 is 0 Å². The number of hydrogen-bond donors (Lipinski definition) is 0. The van der Waals surface area contributed by atoms with Gasteiger partial charge in [0, 0.05) is 13.1 Å². The molecule has 1 aromatic rings. The molecule has 0 bridgehead atoms. The summed E-state index contributed by atoms with van der Waals surface area (Å²) in [6.07, 6.45) is 0.763. The number of nitrogens with zero attached hydrogens (tertiary/aromatic N) is 1. The monoisotopic (exact) mass is 199 g/mol. The Kier molecular flexibility index (Phi) is 2.48. The number of rotatable bonds is 1. The summed E-state index contributed by atoms with van der Waals surface area (Å²) < 4.78 is 25.8. The zero-order valence-corrected chi connectivity index (χ0v) is 7.84. The van der Waals surface area contributed by atoms with Gasteiger partial charge in [-0.05, 0) is 24.1 Å². The quantitative estimate of drug-likeness (QED) is 0.688. The average molecular weight is 199 g/mol. The van der Waals surface area contributed by atoms with Crippen molar-refractivity contribution in [3.8, 4) is 0 Å². The van der Waals surface area contributed by atoms with Crippen molar-refractivity contribution in [2.45, 2.75) is 12.5 Å². The molecule has 0 aliphatic carbocycles. The van der Waals surface area contributed by atoms with Crippen molar-refractivity contribution in [3.05, 3.63) is 35.4 Å². The van der Waals surface area contributed by atoms with Crippen LogP contribution < -0.4 is 0 Å². The summed E-state index contributed by atoms with van der Waals surface area (Å²) in [6, 6.07) is 3.53. The van der Waals surface area contributed by atoms with Gasteiger partial charge in [0.1, 0.15) is 11.6 Å². The van der Waals surface area contributed by atoms with Crippen LogP contribution in [-0.2, 0) is 4.84 Å². The summed E-state index contributed by atoms with van der Waals surface area (Å²) in [5.74, 6) is -1.08. The van der Waals surface area contributed by atoms with E-state index in [2.05, 4.69) is 0 Å². The molecule has 0 N–H and O–H groups in total. The Balaban J connectivity index is 2.31. The summed E-state index contributed by atoms with van der Waals surface area (Å²) in [4.78, 5) is 5.19. The van der Waals surface area contributed by atoms with Crippen molar-refractivity contribution in [2.75, 3.05) is 13.7 Å². The van der Waals surface area contributed by atoms with E-state index in [0.29, 0.717) is 12.2 Å². The van der Waals surface area contributed by atoms with E-state index in [1.165, 1.54) is 12.1 Å². The Morgan fingerprint density at radius 3 is 2.43 bits per heavy atom. The van der Waals surface area contributed by atoms with Gasteiger partial charge in [-0.3, -0.25) is 4.84 Å². The van der Waals surface area contributed by atoms with Crippen LogP contribution in [0.25, 0.3) is 0 Å². The van der Waals surface area contributed by atoms with E-state index < -0.39 is 11.6 Å². The van der Waals surface area contributed by atoms with E-state index in [-0.39, 0.29) is 6.04 Å². The van der Waals surface area contributed by atoms with E-state index >= 15 is 0 Å². The standard InChI is InChI=1S/C10H11F2NO/c1-13-10(2-3-14-13)7-4-8(11)6-9(12)5-7/h4-6,10H,2-3H2,1H3/t10-/m0/s1.